The van der Waals surface area contributed by atoms with Crippen molar-refractivity contribution >= 4 is 23.7 Å². The number of amides is 4. The number of urea groups is 1. The van der Waals surface area contributed by atoms with Crippen molar-refractivity contribution in [3.8, 4) is 0 Å². The van der Waals surface area contributed by atoms with Crippen LogP contribution in [-0.4, -0.2) is 100 Å². The Hall–Kier alpha value is -4.01. The summed E-state index contributed by atoms with van der Waals surface area (Å²) in [5, 5.41) is 13.3. The summed E-state index contributed by atoms with van der Waals surface area (Å²) in [6.45, 7) is 7.21. The molecular weight excluding hydrogens is 704 g/mol. The minimum absolute atomic E-state index is 0.0163. The number of carbonyl (C=O) groups is 3. The van der Waals surface area contributed by atoms with Crippen LogP contribution in [0.2, 0.25) is 0 Å². The van der Waals surface area contributed by atoms with Gasteiger partial charge in [0.05, 0.1) is 17.0 Å². The van der Waals surface area contributed by atoms with E-state index in [-0.39, 0.29) is 42.5 Å². The van der Waals surface area contributed by atoms with Gasteiger partial charge in [-0.25, -0.2) is 9.59 Å². The van der Waals surface area contributed by atoms with Gasteiger partial charge < -0.3 is 30.0 Å². The highest BCUT2D eigenvalue weighted by molar-refractivity contribution is 5.91. The number of anilines is 1. The van der Waals surface area contributed by atoms with Gasteiger partial charge in [0.1, 0.15) is 0 Å². The molecule has 4 amide bonds. The van der Waals surface area contributed by atoms with E-state index in [4.69, 9.17) is 0 Å². The number of para-hydroxylation sites is 1. The summed E-state index contributed by atoms with van der Waals surface area (Å²) < 4.78 is 83.6. The summed E-state index contributed by atoms with van der Waals surface area (Å²) in [6, 6.07) is 6.76. The van der Waals surface area contributed by atoms with E-state index >= 15 is 0 Å². The van der Waals surface area contributed by atoms with E-state index in [9.17, 15) is 45.8 Å². The average Bonchev–Trinajstić information content (AvgIpc) is 3.27. The zero-order valence-electron chi connectivity index (χ0n) is 30.0. The van der Waals surface area contributed by atoms with Gasteiger partial charge >= 0.3 is 24.5 Å². The molecule has 9 nitrogen and oxygen atoms in total. The van der Waals surface area contributed by atoms with E-state index < -0.39 is 65.9 Å². The van der Waals surface area contributed by atoms with Gasteiger partial charge in [-0.1, -0.05) is 32.0 Å². The first-order valence-corrected chi connectivity index (χ1v) is 18.4. The number of alkyl halides is 6. The first kappa shape index (κ1) is 38.7. The molecule has 0 aromatic heterocycles. The van der Waals surface area contributed by atoms with Crippen molar-refractivity contribution in [1.82, 2.24) is 19.6 Å². The van der Waals surface area contributed by atoms with Crippen LogP contribution in [0.4, 0.5) is 41.6 Å². The van der Waals surface area contributed by atoms with Crippen molar-refractivity contribution < 1.29 is 45.8 Å². The molecule has 4 aliphatic rings. The Labute approximate surface area is 305 Å². The highest BCUT2D eigenvalue weighted by Crippen LogP contribution is 2.39. The Bertz CT molecular complexity index is 1630. The van der Waals surface area contributed by atoms with Crippen LogP contribution < -0.4 is 5.32 Å². The SMILES string of the molecule is CC1(C)CCN(C2CCN(C(=O)C(Cc3cc(C(F)(F)F)cc(C(F)(F)F)c3)[C@H]3CC(N4CCc5ccccc5NC4=O)CCN3C(=O)O)CC2)CC1. The van der Waals surface area contributed by atoms with E-state index in [0.717, 1.165) is 36.4 Å². The number of likely N-dealkylation sites (tertiary alicyclic amines) is 3. The molecule has 4 heterocycles. The van der Waals surface area contributed by atoms with E-state index in [1.807, 2.05) is 12.1 Å². The third-order valence-corrected chi connectivity index (χ3v) is 11.8. The number of piperidine rings is 3. The fourth-order valence-corrected chi connectivity index (χ4v) is 8.58. The molecule has 53 heavy (non-hydrogen) atoms. The maximum absolute atomic E-state index is 14.6. The lowest BCUT2D eigenvalue weighted by atomic mass is 9.81. The molecule has 3 saturated heterocycles. The zero-order chi connectivity index (χ0) is 38.3. The van der Waals surface area contributed by atoms with E-state index in [1.54, 1.807) is 21.9 Å². The Morgan fingerprint density at radius 1 is 0.868 bits per heavy atom. The van der Waals surface area contributed by atoms with E-state index in [1.165, 1.54) is 0 Å². The summed E-state index contributed by atoms with van der Waals surface area (Å²) in [4.78, 5) is 47.5. The lowest BCUT2D eigenvalue weighted by Gasteiger charge is -2.47. The lowest BCUT2D eigenvalue weighted by Crippen LogP contribution is -2.59. The van der Waals surface area contributed by atoms with Crippen LogP contribution in [0.3, 0.4) is 0 Å². The van der Waals surface area contributed by atoms with Gasteiger partial charge in [-0.05, 0) is 105 Å². The van der Waals surface area contributed by atoms with Gasteiger partial charge in [0, 0.05) is 50.0 Å². The second-order valence-corrected chi connectivity index (χ2v) is 15.7. The smallest absolute Gasteiger partial charge is 0.416 e. The standard InChI is InChI=1S/C38H47F6N5O4/c1-36(2)11-17-46(18-12-36)28-8-13-47(14-9-28)33(50)30(21-24-19-26(37(39,40)41)22-27(20-24)38(42,43)44)32-23-29(10-16-49(32)35(52)53)48-15-7-25-5-3-4-6-31(25)45-34(48)51/h3-6,19-20,22,28-30,32H,7-18,21,23H2,1-2H3,(H,45,51)(H,52,53)/t29?,30?,32-/m1/s1. The number of carbonyl (C=O) groups excluding carboxylic acids is 2. The third-order valence-electron chi connectivity index (χ3n) is 11.8. The highest BCUT2D eigenvalue weighted by atomic mass is 19.4. The first-order valence-electron chi connectivity index (χ1n) is 18.4. The fourth-order valence-electron chi connectivity index (χ4n) is 8.58. The summed E-state index contributed by atoms with van der Waals surface area (Å²) >= 11 is 0. The quantitative estimate of drug-likeness (QED) is 0.297. The number of halogens is 6. The Morgan fingerprint density at radius 3 is 2.08 bits per heavy atom. The number of carboxylic acid groups (broad SMARTS) is 1. The number of hydrogen-bond acceptors (Lipinski definition) is 4. The maximum atomic E-state index is 14.6. The predicted molar refractivity (Wildman–Crippen MR) is 185 cm³/mol. The second kappa shape index (κ2) is 15.0. The van der Waals surface area contributed by atoms with Gasteiger partial charge in [0.2, 0.25) is 5.91 Å². The summed E-state index contributed by atoms with van der Waals surface area (Å²) in [5.41, 5.74) is -1.56. The second-order valence-electron chi connectivity index (χ2n) is 15.7. The number of fused-ring (bicyclic) bond motifs is 1. The molecule has 0 saturated carbocycles. The van der Waals surface area contributed by atoms with Crippen molar-refractivity contribution in [3.63, 3.8) is 0 Å². The third kappa shape index (κ3) is 8.87. The lowest BCUT2D eigenvalue weighted by molar-refractivity contribution is -0.143. The molecule has 6 rings (SSSR count). The summed E-state index contributed by atoms with van der Waals surface area (Å²) in [6.07, 6.45) is -7.99. The number of benzene rings is 2. The molecule has 3 fully saturated rings. The average molecular weight is 752 g/mol. The van der Waals surface area contributed by atoms with Gasteiger partial charge in [-0.15, -0.1) is 0 Å². The number of nitrogens with one attached hydrogen (secondary N) is 1. The van der Waals surface area contributed by atoms with Gasteiger partial charge in [0.25, 0.3) is 0 Å². The van der Waals surface area contributed by atoms with Crippen molar-refractivity contribution in [2.45, 2.75) is 95.7 Å². The van der Waals surface area contributed by atoms with Crippen LogP contribution in [0.1, 0.15) is 74.6 Å². The summed E-state index contributed by atoms with van der Waals surface area (Å²) in [7, 11) is 0. The monoisotopic (exact) mass is 751 g/mol. The van der Waals surface area contributed by atoms with E-state index in [0.29, 0.717) is 56.7 Å². The Morgan fingerprint density at radius 2 is 1.47 bits per heavy atom. The molecule has 15 heteroatoms. The molecular formula is C38H47F6N5O4. The summed E-state index contributed by atoms with van der Waals surface area (Å²) in [5.74, 6) is -1.82. The molecule has 2 N–H and O–H groups in total. The van der Waals surface area contributed by atoms with Crippen LogP contribution in [0.5, 0.6) is 0 Å². The van der Waals surface area contributed by atoms with Crippen LogP contribution >= 0.6 is 0 Å². The van der Waals surface area contributed by atoms with E-state index in [2.05, 4.69) is 24.1 Å². The normalized spacial score (nSPS) is 23.9. The Kier molecular flexibility index (Phi) is 11.0. The topological polar surface area (TPSA) is 96.4 Å². The first-order chi connectivity index (χ1) is 24.9. The minimum Gasteiger partial charge on any atom is -0.465 e. The number of nitrogens with zero attached hydrogens (tertiary/aromatic N) is 4. The molecule has 290 valence electrons. The Balaban J connectivity index is 1.30. The number of rotatable bonds is 6. The van der Waals surface area contributed by atoms with Crippen molar-refractivity contribution in [1.29, 1.82) is 0 Å². The van der Waals surface area contributed by atoms with Gasteiger partial charge in [-0.3, -0.25) is 4.79 Å². The van der Waals surface area contributed by atoms with Crippen LogP contribution in [0.25, 0.3) is 0 Å². The molecule has 0 aliphatic carbocycles. The molecule has 3 atom stereocenters. The molecule has 0 bridgehead atoms. The maximum Gasteiger partial charge on any atom is 0.416 e. The van der Waals surface area contributed by atoms with Crippen LogP contribution in [0, 0.1) is 11.3 Å². The molecule has 4 aliphatic heterocycles. The minimum atomic E-state index is -5.10. The predicted octanol–water partition coefficient (Wildman–Crippen LogP) is 7.60. The molecule has 2 aromatic rings. The number of hydrogen-bond donors (Lipinski definition) is 2. The van der Waals surface area contributed by atoms with Crippen molar-refractivity contribution in [2.75, 3.05) is 44.6 Å². The van der Waals surface area contributed by atoms with Crippen molar-refractivity contribution in [3.05, 3.63) is 64.7 Å². The highest BCUT2D eigenvalue weighted by Gasteiger charge is 2.45. The molecule has 0 spiro atoms. The molecule has 0 radical (unpaired) electrons. The fraction of sp³-hybridized carbons (Fsp3) is 0.605. The van der Waals surface area contributed by atoms with Crippen LogP contribution in [0.15, 0.2) is 42.5 Å². The largest absolute Gasteiger partial charge is 0.465 e. The van der Waals surface area contributed by atoms with Crippen molar-refractivity contribution in [2.24, 2.45) is 11.3 Å². The molecule has 2 aromatic carbocycles. The zero-order valence-corrected chi connectivity index (χ0v) is 30.0. The van der Waals surface area contributed by atoms with Crippen LogP contribution in [-0.2, 0) is 30.0 Å². The van der Waals surface area contributed by atoms with Gasteiger partial charge in [-0.2, -0.15) is 26.3 Å². The van der Waals surface area contributed by atoms with Gasteiger partial charge in [0.15, 0.2) is 0 Å². The molecule has 2 unspecified atom stereocenters.